The number of carboxylic acids is 1. The van der Waals surface area contributed by atoms with Gasteiger partial charge in [-0.2, -0.15) is 5.53 Å². The highest BCUT2D eigenvalue weighted by atomic mass is 32.1. The van der Waals surface area contributed by atoms with Crippen LogP contribution in [-0.4, -0.2) is 26.5 Å². The van der Waals surface area contributed by atoms with Crippen LogP contribution >= 0.6 is 11.3 Å². The third-order valence-corrected chi connectivity index (χ3v) is 8.79. The van der Waals surface area contributed by atoms with Crippen molar-refractivity contribution in [3.63, 3.8) is 0 Å². The molecule has 0 spiro atoms. The summed E-state index contributed by atoms with van der Waals surface area (Å²) < 4.78 is 3.40. The molecular formula is C33H30N6O2S. The molecule has 0 aliphatic rings. The Morgan fingerprint density at radius 1 is 0.929 bits per heavy atom. The number of fused-ring (bicyclic) bond motifs is 3. The molecule has 42 heavy (non-hydrogen) atoms. The Balaban J connectivity index is 1.41. The molecule has 0 unspecified atom stereocenters. The van der Waals surface area contributed by atoms with Crippen molar-refractivity contribution in [2.45, 2.75) is 38.6 Å². The fourth-order valence-corrected chi connectivity index (χ4v) is 6.65. The minimum atomic E-state index is -0.949. The van der Waals surface area contributed by atoms with Gasteiger partial charge >= 0.3 is 5.97 Å². The van der Waals surface area contributed by atoms with Crippen LogP contribution in [0, 0.1) is 5.53 Å². The Bertz CT molecular complexity index is 1940. The summed E-state index contributed by atoms with van der Waals surface area (Å²) in [6.45, 7) is 0.541. The number of aryl methyl sites for hydroxylation is 4. The number of thiazole rings is 1. The van der Waals surface area contributed by atoms with Crippen molar-refractivity contribution >= 4 is 55.0 Å². The van der Waals surface area contributed by atoms with Gasteiger partial charge in [0.25, 0.3) is 0 Å². The number of nitrogens with one attached hydrogen (secondary N) is 1. The number of carbonyl (C=O) groups is 1. The van der Waals surface area contributed by atoms with E-state index in [9.17, 15) is 9.90 Å². The van der Waals surface area contributed by atoms with Crippen LogP contribution in [0.5, 0.6) is 0 Å². The van der Waals surface area contributed by atoms with Crippen LogP contribution in [0.3, 0.4) is 0 Å². The first-order valence-electron chi connectivity index (χ1n) is 13.9. The maximum absolute atomic E-state index is 12.0. The maximum atomic E-state index is 12.0. The number of carboxylic acid groups (broad SMARTS) is 1. The lowest BCUT2D eigenvalue weighted by atomic mass is 9.97. The number of benzene rings is 4. The van der Waals surface area contributed by atoms with Gasteiger partial charge in [-0.05, 0) is 71.5 Å². The van der Waals surface area contributed by atoms with Crippen LogP contribution in [0.15, 0.2) is 95.3 Å². The third kappa shape index (κ3) is 5.64. The smallest absolute Gasteiger partial charge is 0.335 e. The van der Waals surface area contributed by atoms with E-state index in [4.69, 9.17) is 16.2 Å². The molecule has 6 rings (SSSR count). The third-order valence-electron chi connectivity index (χ3n) is 7.69. The van der Waals surface area contributed by atoms with Gasteiger partial charge in [-0.15, -0.1) is 16.4 Å². The zero-order chi connectivity index (χ0) is 29.1. The predicted molar refractivity (Wildman–Crippen MR) is 169 cm³/mol. The van der Waals surface area contributed by atoms with E-state index in [0.717, 1.165) is 58.4 Å². The predicted octanol–water partition coefficient (Wildman–Crippen LogP) is 7.37. The van der Waals surface area contributed by atoms with E-state index in [1.165, 1.54) is 21.0 Å². The number of aromatic carboxylic acids is 1. The summed E-state index contributed by atoms with van der Waals surface area (Å²) in [6.07, 6.45) is 3.49. The van der Waals surface area contributed by atoms with Crippen LogP contribution in [-0.2, 0) is 32.2 Å². The van der Waals surface area contributed by atoms with Gasteiger partial charge in [-0.3, -0.25) is 0 Å². The van der Waals surface area contributed by atoms with Gasteiger partial charge in [0.05, 0.1) is 20.8 Å². The molecule has 0 fully saturated rings. The Kier molecular flexibility index (Phi) is 7.74. The quantitative estimate of drug-likeness (QED) is 0.0645. The van der Waals surface area contributed by atoms with Crippen LogP contribution in [0.2, 0.25) is 0 Å². The molecule has 4 N–H and O–H groups in total. The van der Waals surface area contributed by atoms with Crippen molar-refractivity contribution in [3.05, 3.63) is 112 Å². The van der Waals surface area contributed by atoms with Crippen LogP contribution < -0.4 is 5.73 Å². The summed E-state index contributed by atoms with van der Waals surface area (Å²) >= 11 is 1.71. The van der Waals surface area contributed by atoms with E-state index < -0.39 is 5.97 Å². The van der Waals surface area contributed by atoms with Crippen molar-refractivity contribution < 1.29 is 9.90 Å². The van der Waals surface area contributed by atoms with Gasteiger partial charge in [0.1, 0.15) is 5.84 Å². The van der Waals surface area contributed by atoms with Gasteiger partial charge < -0.3 is 15.4 Å². The minimum Gasteiger partial charge on any atom is -0.478 e. The summed E-state index contributed by atoms with van der Waals surface area (Å²) in [5, 5.41) is 21.0. The molecular weight excluding hydrogens is 544 g/mol. The van der Waals surface area contributed by atoms with E-state index >= 15 is 0 Å². The summed E-state index contributed by atoms with van der Waals surface area (Å²) in [6, 6.07) is 28.4. The van der Waals surface area contributed by atoms with Crippen molar-refractivity contribution in [2.75, 3.05) is 0 Å². The summed E-state index contributed by atoms with van der Waals surface area (Å²) in [4.78, 5) is 16.8. The zero-order valence-electron chi connectivity index (χ0n) is 23.0. The molecule has 8 nitrogen and oxygen atoms in total. The molecule has 4 aromatic carbocycles. The number of aromatic nitrogens is 2. The summed E-state index contributed by atoms with van der Waals surface area (Å²) in [5.74, 6) is -0.668. The normalized spacial score (nSPS) is 12.0. The van der Waals surface area contributed by atoms with E-state index in [-0.39, 0.29) is 11.4 Å². The highest BCUT2D eigenvalue weighted by Gasteiger charge is 2.20. The van der Waals surface area contributed by atoms with Crippen molar-refractivity contribution in [1.29, 1.82) is 5.53 Å². The van der Waals surface area contributed by atoms with Crippen molar-refractivity contribution in [3.8, 4) is 0 Å². The first-order chi connectivity index (χ1) is 20.5. The second-order valence-electron chi connectivity index (χ2n) is 10.3. The molecule has 2 heterocycles. The first kappa shape index (κ1) is 27.3. The lowest BCUT2D eigenvalue weighted by molar-refractivity contribution is 0.0697. The number of hydrogen-bond acceptors (Lipinski definition) is 5. The second kappa shape index (κ2) is 11.9. The molecule has 6 aromatic rings. The Morgan fingerprint density at radius 2 is 1.74 bits per heavy atom. The SMILES string of the molecule is N=N/N=C(\N)CCn1c(CCc2nc3ccccc3s2)c(CCc2ccc3ccccc3c2)c2cc(C(=O)O)ccc21. The average Bonchev–Trinajstić information content (AvgIpc) is 3.55. The number of rotatable bonds is 11. The molecule has 0 bridgehead atoms. The highest BCUT2D eigenvalue weighted by Crippen LogP contribution is 2.32. The van der Waals surface area contributed by atoms with Crippen molar-refractivity contribution in [2.24, 2.45) is 16.1 Å². The molecule has 0 aliphatic carbocycles. The molecule has 0 saturated carbocycles. The number of amidine groups is 1. The molecule has 0 amide bonds. The monoisotopic (exact) mass is 574 g/mol. The average molecular weight is 575 g/mol. The minimum absolute atomic E-state index is 0.262. The Morgan fingerprint density at radius 3 is 2.55 bits per heavy atom. The number of para-hydroxylation sites is 1. The van der Waals surface area contributed by atoms with Crippen LogP contribution in [0.4, 0.5) is 0 Å². The van der Waals surface area contributed by atoms with Gasteiger partial charge in [-0.25, -0.2) is 9.78 Å². The van der Waals surface area contributed by atoms with Gasteiger partial charge in [0.2, 0.25) is 0 Å². The molecule has 9 heteroatoms. The molecule has 0 aliphatic heterocycles. The summed E-state index contributed by atoms with van der Waals surface area (Å²) in [7, 11) is 0. The Labute approximate surface area is 246 Å². The van der Waals surface area contributed by atoms with Crippen LogP contribution in [0.1, 0.15) is 38.6 Å². The van der Waals surface area contributed by atoms with Gasteiger partial charge in [-0.1, -0.05) is 59.8 Å². The van der Waals surface area contributed by atoms with E-state index in [1.807, 2.05) is 30.3 Å². The largest absolute Gasteiger partial charge is 0.478 e. The highest BCUT2D eigenvalue weighted by molar-refractivity contribution is 7.18. The molecule has 0 atom stereocenters. The zero-order valence-corrected chi connectivity index (χ0v) is 23.8. The lowest BCUT2D eigenvalue weighted by Crippen LogP contribution is -2.16. The fraction of sp³-hybridized carbons (Fsp3) is 0.182. The lowest BCUT2D eigenvalue weighted by Gasteiger charge is -2.12. The van der Waals surface area contributed by atoms with Gasteiger partial charge in [0, 0.05) is 36.0 Å². The topological polar surface area (TPSA) is 130 Å². The van der Waals surface area contributed by atoms with E-state index in [1.54, 1.807) is 23.5 Å². The standard InChI is InChI=1S/C33H30N6O2S/c34-31(37-38-35)17-18-39-28(15-16-32-36-27-7-3-4-8-30(27)42-32)25(26-20-24(33(40)41)12-14-29(26)39)13-10-21-9-11-22-5-1-2-6-23(22)19-21/h1-9,11-12,14,19-20H,10,13,15-18H2,(H,40,41)(H3,34,35,37). The number of hydrogen-bond donors (Lipinski definition) is 3. The number of nitrogens with two attached hydrogens (primary N) is 1. The second-order valence-corrected chi connectivity index (χ2v) is 11.4. The molecule has 0 saturated heterocycles. The Hall–Kier alpha value is -4.89. The van der Waals surface area contributed by atoms with E-state index in [2.05, 4.69) is 57.4 Å². The first-order valence-corrected chi connectivity index (χ1v) is 14.7. The molecule has 210 valence electrons. The maximum Gasteiger partial charge on any atom is 0.335 e. The van der Waals surface area contributed by atoms with Crippen molar-refractivity contribution in [1.82, 2.24) is 9.55 Å². The van der Waals surface area contributed by atoms with Crippen LogP contribution in [0.25, 0.3) is 31.9 Å². The fourth-order valence-electron chi connectivity index (χ4n) is 5.69. The van der Waals surface area contributed by atoms with Gasteiger partial charge in [0.15, 0.2) is 0 Å². The summed E-state index contributed by atoms with van der Waals surface area (Å²) in [5.41, 5.74) is 18.8. The molecule has 2 aromatic heterocycles. The number of nitrogens with zero attached hydrogens (tertiary/aromatic N) is 4. The van der Waals surface area contributed by atoms with E-state index in [0.29, 0.717) is 13.0 Å². The molecule has 0 radical (unpaired) electrons.